The molecule has 0 saturated carbocycles. The third-order valence-corrected chi connectivity index (χ3v) is 5.54. The van der Waals surface area contributed by atoms with Crippen LogP contribution in [0.25, 0.3) is 6.08 Å². The van der Waals surface area contributed by atoms with Gasteiger partial charge in [0.05, 0.1) is 17.4 Å². The Morgan fingerprint density at radius 2 is 1.74 bits per heavy atom. The molecule has 1 atom stereocenters. The van der Waals surface area contributed by atoms with E-state index in [1.807, 2.05) is 30.3 Å². The van der Waals surface area contributed by atoms with E-state index in [1.54, 1.807) is 23.2 Å². The number of nitrogens with zero attached hydrogens (tertiary/aromatic N) is 1. The normalized spacial score (nSPS) is 15.9. The highest BCUT2D eigenvalue weighted by Crippen LogP contribution is 2.33. The van der Waals surface area contributed by atoms with E-state index in [9.17, 15) is 18.0 Å². The SMILES string of the molecule is CC(=O)N1C=Cc2ccccc2C1CC(=O)Nc1ccc(S(C)(=O)=O)cc1. The standard InChI is InChI=1S/C20H20N2O4S/c1-14(23)22-12-11-15-5-3-4-6-18(15)19(22)13-20(24)21-16-7-9-17(10-8-16)27(2,25)26/h3-12,19H,13H2,1-2H3,(H,21,24). The number of rotatable bonds is 4. The van der Waals surface area contributed by atoms with Crippen molar-refractivity contribution in [2.24, 2.45) is 0 Å². The molecule has 0 spiro atoms. The molecule has 1 aliphatic heterocycles. The average Bonchev–Trinajstić information content (AvgIpc) is 2.61. The maximum Gasteiger partial charge on any atom is 0.226 e. The minimum atomic E-state index is -3.29. The van der Waals surface area contributed by atoms with Crippen molar-refractivity contribution in [1.29, 1.82) is 0 Å². The summed E-state index contributed by atoms with van der Waals surface area (Å²) in [4.78, 5) is 26.3. The summed E-state index contributed by atoms with van der Waals surface area (Å²) in [6.07, 6.45) is 4.78. The van der Waals surface area contributed by atoms with E-state index in [-0.39, 0.29) is 29.2 Å². The highest BCUT2D eigenvalue weighted by atomic mass is 32.2. The van der Waals surface area contributed by atoms with Crippen molar-refractivity contribution < 1.29 is 18.0 Å². The molecular weight excluding hydrogens is 364 g/mol. The molecular formula is C20H20N2O4S. The molecule has 0 saturated heterocycles. The second-order valence-electron chi connectivity index (χ2n) is 6.44. The number of sulfone groups is 1. The second-order valence-corrected chi connectivity index (χ2v) is 8.45. The van der Waals surface area contributed by atoms with Gasteiger partial charge in [-0.15, -0.1) is 0 Å². The summed E-state index contributed by atoms with van der Waals surface area (Å²) in [5.41, 5.74) is 2.39. The van der Waals surface area contributed by atoms with Crippen molar-refractivity contribution in [3.8, 4) is 0 Å². The lowest BCUT2D eigenvalue weighted by Crippen LogP contribution is -2.33. The highest BCUT2D eigenvalue weighted by molar-refractivity contribution is 7.90. The zero-order chi connectivity index (χ0) is 19.6. The Labute approximate surface area is 158 Å². The monoisotopic (exact) mass is 384 g/mol. The van der Waals surface area contributed by atoms with Gasteiger partial charge in [-0.3, -0.25) is 9.59 Å². The Morgan fingerprint density at radius 1 is 1.07 bits per heavy atom. The van der Waals surface area contributed by atoms with Gasteiger partial charge in [0.2, 0.25) is 11.8 Å². The lowest BCUT2D eigenvalue weighted by molar-refractivity contribution is -0.129. The van der Waals surface area contributed by atoms with Crippen molar-refractivity contribution in [3.63, 3.8) is 0 Å². The predicted octanol–water partition coefficient (Wildman–Crippen LogP) is 2.99. The Hall–Kier alpha value is -2.93. The first kappa shape index (κ1) is 18.8. The summed E-state index contributed by atoms with van der Waals surface area (Å²) in [6, 6.07) is 13.2. The van der Waals surface area contributed by atoms with Gasteiger partial charge in [-0.2, -0.15) is 0 Å². The largest absolute Gasteiger partial charge is 0.326 e. The quantitative estimate of drug-likeness (QED) is 0.878. The molecule has 0 fully saturated rings. The molecule has 140 valence electrons. The van der Waals surface area contributed by atoms with Gasteiger partial charge in [-0.1, -0.05) is 24.3 Å². The zero-order valence-electron chi connectivity index (χ0n) is 15.0. The van der Waals surface area contributed by atoms with E-state index in [0.717, 1.165) is 17.4 Å². The molecule has 7 heteroatoms. The maximum absolute atomic E-state index is 12.5. The molecule has 2 aromatic rings. The molecule has 0 aliphatic carbocycles. The van der Waals surface area contributed by atoms with Gasteiger partial charge in [0.15, 0.2) is 9.84 Å². The van der Waals surface area contributed by atoms with Gasteiger partial charge >= 0.3 is 0 Å². The molecule has 1 unspecified atom stereocenters. The van der Waals surface area contributed by atoms with Gasteiger partial charge in [0.25, 0.3) is 0 Å². The fraction of sp³-hybridized carbons (Fsp3) is 0.200. The molecule has 0 radical (unpaired) electrons. The number of amides is 2. The van der Waals surface area contributed by atoms with Crippen LogP contribution in [0.2, 0.25) is 0 Å². The van der Waals surface area contributed by atoms with Gasteiger partial charge in [-0.05, 0) is 41.5 Å². The fourth-order valence-corrected chi connectivity index (χ4v) is 3.72. The number of hydrogen-bond acceptors (Lipinski definition) is 4. The molecule has 2 aromatic carbocycles. The van der Waals surface area contributed by atoms with Crippen LogP contribution in [0.5, 0.6) is 0 Å². The van der Waals surface area contributed by atoms with Crippen molar-refractivity contribution in [2.45, 2.75) is 24.3 Å². The molecule has 0 aromatic heterocycles. The highest BCUT2D eigenvalue weighted by Gasteiger charge is 2.28. The maximum atomic E-state index is 12.5. The topological polar surface area (TPSA) is 83.6 Å². The number of hydrogen-bond donors (Lipinski definition) is 1. The predicted molar refractivity (Wildman–Crippen MR) is 104 cm³/mol. The van der Waals surface area contributed by atoms with Crippen molar-refractivity contribution in [1.82, 2.24) is 4.90 Å². The van der Waals surface area contributed by atoms with Crippen LogP contribution in [-0.2, 0) is 19.4 Å². The van der Waals surface area contributed by atoms with Gasteiger partial charge < -0.3 is 10.2 Å². The number of benzene rings is 2. The van der Waals surface area contributed by atoms with Crippen LogP contribution in [-0.4, -0.2) is 31.4 Å². The van der Waals surface area contributed by atoms with Gasteiger partial charge in [0.1, 0.15) is 0 Å². The van der Waals surface area contributed by atoms with Crippen LogP contribution < -0.4 is 5.32 Å². The lowest BCUT2D eigenvalue weighted by atomic mass is 9.93. The number of anilines is 1. The first-order valence-electron chi connectivity index (χ1n) is 8.42. The Bertz CT molecular complexity index is 1010. The zero-order valence-corrected chi connectivity index (χ0v) is 15.9. The van der Waals surface area contributed by atoms with Crippen LogP contribution in [0, 0.1) is 0 Å². The molecule has 1 N–H and O–H groups in total. The minimum Gasteiger partial charge on any atom is -0.326 e. The van der Waals surface area contributed by atoms with Crippen LogP contribution >= 0.6 is 0 Å². The molecule has 1 aliphatic rings. The summed E-state index contributed by atoms with van der Waals surface area (Å²) in [6.45, 7) is 1.47. The first-order chi connectivity index (χ1) is 12.8. The van der Waals surface area contributed by atoms with E-state index >= 15 is 0 Å². The number of nitrogens with one attached hydrogen (secondary N) is 1. The molecule has 27 heavy (non-hydrogen) atoms. The van der Waals surface area contributed by atoms with Crippen LogP contribution in [0.15, 0.2) is 59.6 Å². The van der Waals surface area contributed by atoms with E-state index in [1.165, 1.54) is 19.1 Å². The lowest BCUT2D eigenvalue weighted by Gasteiger charge is -2.32. The van der Waals surface area contributed by atoms with E-state index in [4.69, 9.17) is 0 Å². The summed E-state index contributed by atoms with van der Waals surface area (Å²) in [5, 5.41) is 2.76. The first-order valence-corrected chi connectivity index (χ1v) is 10.3. The van der Waals surface area contributed by atoms with Crippen molar-refractivity contribution in [2.75, 3.05) is 11.6 Å². The summed E-state index contributed by atoms with van der Waals surface area (Å²) in [7, 11) is -3.29. The average molecular weight is 384 g/mol. The molecule has 6 nitrogen and oxygen atoms in total. The second kappa shape index (κ2) is 7.36. The van der Waals surface area contributed by atoms with E-state index in [2.05, 4.69) is 5.32 Å². The van der Waals surface area contributed by atoms with E-state index < -0.39 is 9.84 Å². The molecule has 2 amide bonds. The summed E-state index contributed by atoms with van der Waals surface area (Å²) in [5.74, 6) is -0.403. The van der Waals surface area contributed by atoms with E-state index in [0.29, 0.717) is 5.69 Å². The molecule has 1 heterocycles. The molecule has 0 bridgehead atoms. The van der Waals surface area contributed by atoms with Gasteiger partial charge in [-0.25, -0.2) is 8.42 Å². The van der Waals surface area contributed by atoms with Crippen molar-refractivity contribution in [3.05, 3.63) is 65.9 Å². The van der Waals surface area contributed by atoms with Crippen LogP contribution in [0.1, 0.15) is 30.5 Å². The number of carbonyl (C=O) groups excluding carboxylic acids is 2. The third-order valence-electron chi connectivity index (χ3n) is 4.41. The molecule has 3 rings (SSSR count). The van der Waals surface area contributed by atoms with Crippen molar-refractivity contribution >= 4 is 33.4 Å². The number of carbonyl (C=O) groups is 2. The van der Waals surface area contributed by atoms with Gasteiger partial charge in [0, 0.05) is 25.1 Å². The Balaban J connectivity index is 1.77. The number of fused-ring (bicyclic) bond motifs is 1. The smallest absolute Gasteiger partial charge is 0.226 e. The summed E-state index contributed by atoms with van der Waals surface area (Å²) < 4.78 is 23.0. The third kappa shape index (κ3) is 4.25. The van der Waals surface area contributed by atoms with Crippen LogP contribution in [0.4, 0.5) is 5.69 Å². The minimum absolute atomic E-state index is 0.0920. The van der Waals surface area contributed by atoms with Crippen LogP contribution in [0.3, 0.4) is 0 Å². The fourth-order valence-electron chi connectivity index (χ4n) is 3.09. The Morgan fingerprint density at radius 3 is 2.37 bits per heavy atom. The summed E-state index contributed by atoms with van der Waals surface area (Å²) >= 11 is 0. The Kier molecular flexibility index (Phi) is 5.14.